The fourth-order valence-corrected chi connectivity index (χ4v) is 4.02. The molecule has 1 heterocycles. The highest BCUT2D eigenvalue weighted by molar-refractivity contribution is 5.78. The summed E-state index contributed by atoms with van der Waals surface area (Å²) in [4.78, 5) is 0. The van der Waals surface area contributed by atoms with Crippen LogP contribution in [0.25, 0.3) is 28.2 Å². The summed E-state index contributed by atoms with van der Waals surface area (Å²) in [6.45, 7) is 4.16. The fraction of sp³-hybridized carbons (Fsp3) is 0.222. The molecule has 0 amide bonds. The van der Waals surface area contributed by atoms with E-state index in [1.165, 1.54) is 0 Å². The topological polar surface area (TPSA) is 54.7 Å². The number of rotatable bonds is 7. The molecule has 4 aromatic rings. The molecule has 0 bridgehead atoms. The Balaban J connectivity index is 1.97. The van der Waals surface area contributed by atoms with Crippen molar-refractivity contribution in [1.29, 1.82) is 0 Å². The van der Waals surface area contributed by atoms with E-state index in [1.807, 2.05) is 47.1 Å². The lowest BCUT2D eigenvalue weighted by Crippen LogP contribution is -2.00. The van der Waals surface area contributed by atoms with Gasteiger partial charge in [-0.2, -0.15) is 5.10 Å². The Morgan fingerprint density at radius 3 is 1.79 bits per heavy atom. The third-order valence-electron chi connectivity index (χ3n) is 5.68. The summed E-state index contributed by atoms with van der Waals surface area (Å²) in [6, 6.07) is 20.1. The first-order valence-electron chi connectivity index (χ1n) is 10.6. The maximum atomic E-state index is 5.57. The second kappa shape index (κ2) is 9.28. The summed E-state index contributed by atoms with van der Waals surface area (Å²) in [6.07, 6.45) is 0. The summed E-state index contributed by atoms with van der Waals surface area (Å²) in [5.41, 5.74) is 6.94. The Kier molecular flexibility index (Phi) is 6.27. The van der Waals surface area contributed by atoms with Crippen LogP contribution in [0.2, 0.25) is 0 Å². The monoisotopic (exact) mass is 444 g/mol. The highest BCUT2D eigenvalue weighted by atomic mass is 16.5. The lowest BCUT2D eigenvalue weighted by molar-refractivity contribution is 0.355. The standard InChI is InChI=1S/C27H28N2O4/c1-17-8-7-9-21(14-17)29-27(20-11-13-23(31-4)25(16-20)33-6)18(2)26(28-29)19-10-12-22(30-3)24(15-19)32-5/h7-16H,1-6H3. The zero-order chi connectivity index (χ0) is 23.5. The maximum absolute atomic E-state index is 5.57. The van der Waals surface area contributed by atoms with Crippen molar-refractivity contribution < 1.29 is 18.9 Å². The van der Waals surface area contributed by atoms with Gasteiger partial charge in [0.1, 0.15) is 0 Å². The van der Waals surface area contributed by atoms with E-state index in [1.54, 1.807) is 28.4 Å². The van der Waals surface area contributed by atoms with Crippen LogP contribution in [0.3, 0.4) is 0 Å². The van der Waals surface area contributed by atoms with E-state index < -0.39 is 0 Å². The van der Waals surface area contributed by atoms with Crippen LogP contribution in [0.1, 0.15) is 11.1 Å². The van der Waals surface area contributed by atoms with Gasteiger partial charge >= 0.3 is 0 Å². The van der Waals surface area contributed by atoms with Gasteiger partial charge in [0.25, 0.3) is 0 Å². The van der Waals surface area contributed by atoms with E-state index in [9.17, 15) is 0 Å². The van der Waals surface area contributed by atoms with Crippen molar-refractivity contribution in [3.63, 3.8) is 0 Å². The van der Waals surface area contributed by atoms with Crippen LogP contribution >= 0.6 is 0 Å². The van der Waals surface area contributed by atoms with Crippen molar-refractivity contribution >= 4 is 0 Å². The van der Waals surface area contributed by atoms with Crippen LogP contribution < -0.4 is 18.9 Å². The van der Waals surface area contributed by atoms with Crippen molar-refractivity contribution in [2.75, 3.05) is 28.4 Å². The second-order valence-electron chi connectivity index (χ2n) is 7.71. The number of ether oxygens (including phenoxy) is 4. The molecule has 170 valence electrons. The Morgan fingerprint density at radius 1 is 0.636 bits per heavy atom. The quantitative estimate of drug-likeness (QED) is 0.357. The predicted molar refractivity (Wildman–Crippen MR) is 130 cm³/mol. The molecule has 0 radical (unpaired) electrons. The summed E-state index contributed by atoms with van der Waals surface area (Å²) >= 11 is 0. The SMILES string of the molecule is COc1ccc(-c2nn(-c3cccc(C)c3)c(-c3ccc(OC)c(OC)c3)c2C)cc1OC. The van der Waals surface area contributed by atoms with E-state index in [2.05, 4.69) is 32.0 Å². The molecule has 0 saturated heterocycles. The van der Waals surface area contributed by atoms with Gasteiger partial charge in [0.05, 0.1) is 45.5 Å². The third-order valence-corrected chi connectivity index (χ3v) is 5.68. The number of aromatic nitrogens is 2. The molecule has 3 aromatic carbocycles. The number of hydrogen-bond donors (Lipinski definition) is 0. The fourth-order valence-electron chi connectivity index (χ4n) is 4.02. The van der Waals surface area contributed by atoms with Crippen molar-refractivity contribution in [1.82, 2.24) is 9.78 Å². The van der Waals surface area contributed by atoms with Crippen LogP contribution in [-0.4, -0.2) is 38.2 Å². The molecule has 0 atom stereocenters. The van der Waals surface area contributed by atoms with E-state index in [-0.39, 0.29) is 0 Å². The third kappa shape index (κ3) is 4.12. The molecular formula is C27H28N2O4. The van der Waals surface area contributed by atoms with Crippen molar-refractivity contribution in [2.45, 2.75) is 13.8 Å². The zero-order valence-electron chi connectivity index (χ0n) is 19.8. The number of aryl methyl sites for hydroxylation is 1. The van der Waals surface area contributed by atoms with Gasteiger partial charge in [-0.3, -0.25) is 0 Å². The minimum Gasteiger partial charge on any atom is -0.493 e. The Hall–Kier alpha value is -3.93. The highest BCUT2D eigenvalue weighted by Crippen LogP contribution is 2.39. The number of nitrogens with zero attached hydrogens (tertiary/aromatic N) is 2. The van der Waals surface area contributed by atoms with Gasteiger partial charge in [-0.1, -0.05) is 12.1 Å². The van der Waals surface area contributed by atoms with E-state index in [0.717, 1.165) is 39.3 Å². The van der Waals surface area contributed by atoms with Crippen molar-refractivity contribution in [3.8, 4) is 51.2 Å². The lowest BCUT2D eigenvalue weighted by atomic mass is 10.0. The van der Waals surface area contributed by atoms with Gasteiger partial charge in [0.2, 0.25) is 0 Å². The summed E-state index contributed by atoms with van der Waals surface area (Å²) in [5.74, 6) is 2.68. The first-order chi connectivity index (χ1) is 16.0. The Bertz CT molecular complexity index is 1290. The molecule has 6 heteroatoms. The molecule has 0 saturated carbocycles. The predicted octanol–water partition coefficient (Wildman–Crippen LogP) is 5.86. The molecule has 0 fully saturated rings. The number of benzene rings is 3. The highest BCUT2D eigenvalue weighted by Gasteiger charge is 2.21. The average Bonchev–Trinajstić information content (AvgIpc) is 3.20. The molecule has 0 aliphatic rings. The van der Waals surface area contributed by atoms with Crippen molar-refractivity contribution in [2.24, 2.45) is 0 Å². The maximum Gasteiger partial charge on any atom is 0.161 e. The number of methoxy groups -OCH3 is 4. The molecule has 6 nitrogen and oxygen atoms in total. The van der Waals surface area contributed by atoms with E-state index >= 15 is 0 Å². The number of hydrogen-bond acceptors (Lipinski definition) is 5. The van der Waals surface area contributed by atoms with E-state index in [4.69, 9.17) is 24.0 Å². The van der Waals surface area contributed by atoms with Gasteiger partial charge < -0.3 is 18.9 Å². The zero-order valence-corrected chi connectivity index (χ0v) is 19.8. The molecule has 1 aromatic heterocycles. The minimum atomic E-state index is 0.659. The molecular weight excluding hydrogens is 416 g/mol. The molecule has 4 rings (SSSR count). The van der Waals surface area contributed by atoms with Crippen LogP contribution in [0.15, 0.2) is 60.7 Å². The molecule has 0 unspecified atom stereocenters. The lowest BCUT2D eigenvalue weighted by Gasteiger charge is -2.12. The summed E-state index contributed by atoms with van der Waals surface area (Å²) in [5, 5.41) is 5.04. The minimum absolute atomic E-state index is 0.659. The first kappa shape index (κ1) is 22.3. The Labute approximate surface area is 194 Å². The van der Waals surface area contributed by atoms with Crippen LogP contribution in [0.5, 0.6) is 23.0 Å². The van der Waals surface area contributed by atoms with Crippen molar-refractivity contribution in [3.05, 3.63) is 71.8 Å². The van der Waals surface area contributed by atoms with Crippen LogP contribution in [0.4, 0.5) is 0 Å². The van der Waals surface area contributed by atoms with Gasteiger partial charge in [0.15, 0.2) is 23.0 Å². The first-order valence-corrected chi connectivity index (χ1v) is 10.6. The van der Waals surface area contributed by atoms with Gasteiger partial charge in [0, 0.05) is 16.7 Å². The van der Waals surface area contributed by atoms with E-state index in [0.29, 0.717) is 23.0 Å². The van der Waals surface area contributed by atoms with Crippen LogP contribution in [0, 0.1) is 13.8 Å². The van der Waals surface area contributed by atoms with Crippen LogP contribution in [-0.2, 0) is 0 Å². The molecule has 0 aliphatic carbocycles. The molecule has 0 N–H and O–H groups in total. The molecule has 0 spiro atoms. The normalized spacial score (nSPS) is 10.7. The molecule has 33 heavy (non-hydrogen) atoms. The summed E-state index contributed by atoms with van der Waals surface area (Å²) < 4.78 is 23.9. The van der Waals surface area contributed by atoms with Gasteiger partial charge in [-0.25, -0.2) is 4.68 Å². The Morgan fingerprint density at radius 2 is 1.21 bits per heavy atom. The van der Waals surface area contributed by atoms with Gasteiger partial charge in [-0.15, -0.1) is 0 Å². The second-order valence-corrected chi connectivity index (χ2v) is 7.71. The average molecular weight is 445 g/mol. The molecule has 0 aliphatic heterocycles. The largest absolute Gasteiger partial charge is 0.493 e. The smallest absolute Gasteiger partial charge is 0.161 e. The van der Waals surface area contributed by atoms with Gasteiger partial charge in [-0.05, 0) is 67.9 Å². The summed E-state index contributed by atoms with van der Waals surface area (Å²) in [7, 11) is 6.54.